The van der Waals surface area contributed by atoms with E-state index in [1.807, 2.05) is 0 Å². The van der Waals surface area contributed by atoms with E-state index in [1.165, 1.54) is 13.1 Å². The van der Waals surface area contributed by atoms with E-state index in [4.69, 9.17) is 0 Å². The van der Waals surface area contributed by atoms with Gasteiger partial charge in [-0.2, -0.15) is 0 Å². The summed E-state index contributed by atoms with van der Waals surface area (Å²) >= 11 is 0. The lowest BCUT2D eigenvalue weighted by Crippen LogP contribution is -2.73. The van der Waals surface area contributed by atoms with Crippen LogP contribution in [0.3, 0.4) is 0 Å². The van der Waals surface area contributed by atoms with Gasteiger partial charge >= 0.3 is 0 Å². The van der Waals surface area contributed by atoms with Crippen LogP contribution >= 0.6 is 0 Å². The predicted molar refractivity (Wildman–Crippen MR) is 69.8 cm³/mol. The number of amides is 1. The van der Waals surface area contributed by atoms with E-state index in [0.29, 0.717) is 23.3 Å². The highest BCUT2D eigenvalue weighted by molar-refractivity contribution is 5.77. The maximum Gasteiger partial charge on any atom is 0.222 e. The summed E-state index contributed by atoms with van der Waals surface area (Å²) < 4.78 is 0. The molecule has 0 aliphatic carbocycles. The molecular formula is C14H26N2O. The van der Waals surface area contributed by atoms with Crippen molar-refractivity contribution in [2.45, 2.75) is 46.6 Å². The summed E-state index contributed by atoms with van der Waals surface area (Å²) in [5, 5.41) is 0. The number of carbonyl (C=O) groups excluding carboxylic acids is 1. The van der Waals surface area contributed by atoms with Crippen molar-refractivity contribution in [1.29, 1.82) is 0 Å². The molecule has 0 aromatic carbocycles. The van der Waals surface area contributed by atoms with Crippen LogP contribution in [-0.4, -0.2) is 47.9 Å². The highest BCUT2D eigenvalue weighted by atomic mass is 16.2. The molecule has 0 atom stereocenters. The van der Waals surface area contributed by atoms with Crippen molar-refractivity contribution >= 4 is 5.91 Å². The molecule has 3 nitrogen and oxygen atoms in total. The Morgan fingerprint density at radius 1 is 1.12 bits per heavy atom. The first-order valence-electron chi connectivity index (χ1n) is 6.94. The topological polar surface area (TPSA) is 23.6 Å². The first-order valence-corrected chi connectivity index (χ1v) is 6.94. The van der Waals surface area contributed by atoms with Gasteiger partial charge in [0.15, 0.2) is 0 Å². The highest BCUT2D eigenvalue weighted by Crippen LogP contribution is 2.40. The van der Waals surface area contributed by atoms with Crippen LogP contribution in [0.15, 0.2) is 0 Å². The summed E-state index contributed by atoms with van der Waals surface area (Å²) in [6, 6.07) is 0.659. The first-order chi connectivity index (χ1) is 7.92. The lowest BCUT2D eigenvalue weighted by Gasteiger charge is -2.61. The summed E-state index contributed by atoms with van der Waals surface area (Å²) in [7, 11) is 0. The third-order valence-electron chi connectivity index (χ3n) is 4.15. The van der Waals surface area contributed by atoms with Crippen LogP contribution in [0.1, 0.15) is 40.5 Å². The Morgan fingerprint density at radius 2 is 1.71 bits per heavy atom. The first kappa shape index (κ1) is 12.9. The Hall–Kier alpha value is -0.570. The largest absolute Gasteiger partial charge is 0.341 e. The maximum absolute atomic E-state index is 11.9. The highest BCUT2D eigenvalue weighted by Gasteiger charge is 2.53. The van der Waals surface area contributed by atoms with Crippen molar-refractivity contribution in [3.05, 3.63) is 0 Å². The van der Waals surface area contributed by atoms with Crippen LogP contribution in [0.2, 0.25) is 0 Å². The number of rotatable bonds is 4. The lowest BCUT2D eigenvalue weighted by atomic mass is 9.72. The Morgan fingerprint density at radius 3 is 2.18 bits per heavy atom. The molecule has 1 spiro atoms. The molecule has 0 saturated carbocycles. The number of carbonyl (C=O) groups is 1. The molecule has 0 N–H and O–H groups in total. The summed E-state index contributed by atoms with van der Waals surface area (Å²) in [6.07, 6.45) is 1.77. The van der Waals surface area contributed by atoms with E-state index in [1.54, 1.807) is 0 Å². The third kappa shape index (κ3) is 2.65. The fourth-order valence-corrected chi connectivity index (χ4v) is 2.89. The summed E-state index contributed by atoms with van der Waals surface area (Å²) in [4.78, 5) is 16.4. The van der Waals surface area contributed by atoms with E-state index < -0.39 is 0 Å². The van der Waals surface area contributed by atoms with Crippen LogP contribution in [0.25, 0.3) is 0 Å². The van der Waals surface area contributed by atoms with Gasteiger partial charge in [0.2, 0.25) is 5.91 Å². The van der Waals surface area contributed by atoms with Crippen molar-refractivity contribution in [1.82, 2.24) is 9.80 Å². The average molecular weight is 238 g/mol. The summed E-state index contributed by atoms with van der Waals surface area (Å²) in [5.41, 5.74) is 0.470. The van der Waals surface area contributed by atoms with E-state index in [-0.39, 0.29) is 0 Å². The van der Waals surface area contributed by atoms with Gasteiger partial charge in [-0.25, -0.2) is 0 Å². The standard InChI is InChI=1S/C14H26N2O/c1-11(2)5-6-13(17)16-9-14(10-16)7-15(8-14)12(3)4/h11-12H,5-10H2,1-4H3. The Kier molecular flexibility index (Phi) is 3.48. The smallest absolute Gasteiger partial charge is 0.222 e. The third-order valence-corrected chi connectivity index (χ3v) is 4.15. The molecule has 2 rings (SSSR count). The molecule has 2 saturated heterocycles. The van der Waals surface area contributed by atoms with Crippen molar-refractivity contribution in [2.75, 3.05) is 26.2 Å². The Balaban J connectivity index is 1.68. The molecular weight excluding hydrogens is 212 g/mol. The zero-order chi connectivity index (χ0) is 12.6. The molecule has 2 fully saturated rings. The SMILES string of the molecule is CC(C)CCC(=O)N1CC2(C1)CN(C(C)C)C2. The van der Waals surface area contributed by atoms with Crippen molar-refractivity contribution < 1.29 is 4.79 Å². The number of nitrogens with zero attached hydrogens (tertiary/aromatic N) is 2. The van der Waals surface area contributed by atoms with Crippen LogP contribution in [-0.2, 0) is 4.79 Å². The van der Waals surface area contributed by atoms with Gasteiger partial charge < -0.3 is 4.90 Å². The number of hydrogen-bond acceptors (Lipinski definition) is 2. The van der Waals surface area contributed by atoms with Crippen LogP contribution in [0, 0.1) is 11.3 Å². The van der Waals surface area contributed by atoms with Crippen LogP contribution < -0.4 is 0 Å². The van der Waals surface area contributed by atoms with Gasteiger partial charge in [0.1, 0.15) is 0 Å². The minimum atomic E-state index is 0.368. The minimum Gasteiger partial charge on any atom is -0.341 e. The minimum absolute atomic E-state index is 0.368. The van der Waals surface area contributed by atoms with Gasteiger partial charge in [0.05, 0.1) is 0 Å². The van der Waals surface area contributed by atoms with Crippen molar-refractivity contribution in [3.63, 3.8) is 0 Å². The molecule has 0 aromatic heterocycles. The van der Waals surface area contributed by atoms with Gasteiger partial charge in [-0.05, 0) is 26.2 Å². The van der Waals surface area contributed by atoms with Gasteiger partial charge in [-0.15, -0.1) is 0 Å². The molecule has 2 aliphatic heterocycles. The molecule has 3 heteroatoms. The average Bonchev–Trinajstić information content (AvgIpc) is 2.09. The monoisotopic (exact) mass is 238 g/mol. The Bertz CT molecular complexity index is 285. The lowest BCUT2D eigenvalue weighted by molar-refractivity contribution is -0.162. The predicted octanol–water partition coefficient (Wildman–Crippen LogP) is 1.98. The van der Waals surface area contributed by atoms with Gasteiger partial charge in [-0.3, -0.25) is 9.69 Å². The molecule has 0 unspecified atom stereocenters. The van der Waals surface area contributed by atoms with Gasteiger partial charge in [0, 0.05) is 44.1 Å². The molecule has 17 heavy (non-hydrogen) atoms. The van der Waals surface area contributed by atoms with E-state index in [9.17, 15) is 4.79 Å². The Labute approximate surface area is 105 Å². The van der Waals surface area contributed by atoms with Crippen LogP contribution in [0.4, 0.5) is 0 Å². The second-order valence-corrected chi connectivity index (χ2v) is 6.68. The summed E-state index contributed by atoms with van der Waals surface area (Å²) in [6.45, 7) is 13.3. The number of likely N-dealkylation sites (tertiary alicyclic amines) is 2. The van der Waals surface area contributed by atoms with Gasteiger partial charge in [0.25, 0.3) is 0 Å². The van der Waals surface area contributed by atoms with E-state index >= 15 is 0 Å². The van der Waals surface area contributed by atoms with Crippen molar-refractivity contribution in [2.24, 2.45) is 11.3 Å². The molecule has 0 aromatic rings. The molecule has 0 bridgehead atoms. The van der Waals surface area contributed by atoms with E-state index in [2.05, 4.69) is 37.5 Å². The van der Waals surface area contributed by atoms with E-state index in [0.717, 1.165) is 25.9 Å². The summed E-state index contributed by atoms with van der Waals surface area (Å²) in [5.74, 6) is 1.00. The normalized spacial score (nSPS) is 23.1. The quantitative estimate of drug-likeness (QED) is 0.747. The molecule has 1 amide bonds. The zero-order valence-electron chi connectivity index (χ0n) is 11.7. The fourth-order valence-electron chi connectivity index (χ4n) is 2.89. The fraction of sp³-hybridized carbons (Fsp3) is 0.929. The molecule has 0 radical (unpaired) electrons. The van der Waals surface area contributed by atoms with Gasteiger partial charge in [-0.1, -0.05) is 13.8 Å². The second kappa shape index (κ2) is 4.60. The van der Waals surface area contributed by atoms with Crippen LogP contribution in [0.5, 0.6) is 0 Å². The molecule has 2 heterocycles. The zero-order valence-corrected chi connectivity index (χ0v) is 11.7. The van der Waals surface area contributed by atoms with Crippen molar-refractivity contribution in [3.8, 4) is 0 Å². The second-order valence-electron chi connectivity index (χ2n) is 6.68. The number of hydrogen-bond donors (Lipinski definition) is 0. The molecule has 2 aliphatic rings. The maximum atomic E-state index is 11.9. The molecule has 98 valence electrons.